The zero-order valence-electron chi connectivity index (χ0n) is 8.33. The molecule has 3 nitrogen and oxygen atoms in total. The van der Waals surface area contributed by atoms with Crippen LogP contribution in [0.25, 0.3) is 0 Å². The van der Waals surface area contributed by atoms with Gasteiger partial charge in [-0.3, -0.25) is 0 Å². The van der Waals surface area contributed by atoms with Crippen LogP contribution in [0.1, 0.15) is 5.56 Å². The van der Waals surface area contributed by atoms with Crippen molar-refractivity contribution >= 4 is 0 Å². The summed E-state index contributed by atoms with van der Waals surface area (Å²) in [4.78, 5) is 0. The fourth-order valence-corrected chi connectivity index (χ4v) is 1.07. The Morgan fingerprint density at radius 1 is 1.21 bits per heavy atom. The summed E-state index contributed by atoms with van der Waals surface area (Å²) in [5.41, 5.74) is 6.14. The first-order chi connectivity index (χ1) is 6.81. The molecular formula is C11H13NO2. The minimum absolute atomic E-state index is 0.356. The molecule has 74 valence electrons. The van der Waals surface area contributed by atoms with Crippen molar-refractivity contribution in [3.63, 3.8) is 0 Å². The molecule has 0 fully saturated rings. The van der Waals surface area contributed by atoms with Gasteiger partial charge in [-0.05, 0) is 18.2 Å². The van der Waals surface area contributed by atoms with E-state index in [0.29, 0.717) is 18.0 Å². The molecule has 0 bridgehead atoms. The van der Waals surface area contributed by atoms with Crippen molar-refractivity contribution in [1.82, 2.24) is 0 Å². The Morgan fingerprint density at radius 3 is 2.50 bits per heavy atom. The van der Waals surface area contributed by atoms with Gasteiger partial charge in [0.2, 0.25) is 0 Å². The molecule has 0 unspecified atom stereocenters. The van der Waals surface area contributed by atoms with Crippen molar-refractivity contribution in [2.45, 2.75) is 0 Å². The van der Waals surface area contributed by atoms with E-state index in [4.69, 9.17) is 15.2 Å². The van der Waals surface area contributed by atoms with Gasteiger partial charge in [-0.2, -0.15) is 0 Å². The molecule has 1 aromatic rings. The van der Waals surface area contributed by atoms with Gasteiger partial charge in [0.25, 0.3) is 0 Å². The lowest BCUT2D eigenvalue weighted by atomic mass is 10.2. The van der Waals surface area contributed by atoms with Gasteiger partial charge in [0.1, 0.15) is 0 Å². The van der Waals surface area contributed by atoms with Crippen LogP contribution in [0.3, 0.4) is 0 Å². The molecule has 14 heavy (non-hydrogen) atoms. The van der Waals surface area contributed by atoms with Crippen LogP contribution in [-0.4, -0.2) is 20.8 Å². The van der Waals surface area contributed by atoms with Gasteiger partial charge in [0, 0.05) is 5.56 Å². The smallest absolute Gasteiger partial charge is 0.161 e. The maximum atomic E-state index is 5.27. The third kappa shape index (κ3) is 2.41. The van der Waals surface area contributed by atoms with E-state index in [1.807, 2.05) is 18.2 Å². The van der Waals surface area contributed by atoms with Crippen molar-refractivity contribution in [2.24, 2.45) is 5.73 Å². The van der Waals surface area contributed by atoms with Crippen molar-refractivity contribution in [1.29, 1.82) is 0 Å². The lowest BCUT2D eigenvalue weighted by molar-refractivity contribution is 0.355. The Morgan fingerprint density at radius 2 is 1.93 bits per heavy atom. The number of rotatable bonds is 2. The number of hydrogen-bond acceptors (Lipinski definition) is 3. The third-order valence-electron chi connectivity index (χ3n) is 1.72. The van der Waals surface area contributed by atoms with E-state index in [9.17, 15) is 0 Å². The third-order valence-corrected chi connectivity index (χ3v) is 1.72. The number of hydrogen-bond donors (Lipinski definition) is 1. The molecule has 0 saturated heterocycles. The fourth-order valence-electron chi connectivity index (χ4n) is 1.07. The van der Waals surface area contributed by atoms with E-state index in [-0.39, 0.29) is 0 Å². The van der Waals surface area contributed by atoms with Gasteiger partial charge >= 0.3 is 0 Å². The summed E-state index contributed by atoms with van der Waals surface area (Å²) >= 11 is 0. The van der Waals surface area contributed by atoms with E-state index in [1.165, 1.54) is 0 Å². The highest BCUT2D eigenvalue weighted by Gasteiger charge is 2.02. The highest BCUT2D eigenvalue weighted by molar-refractivity contribution is 5.48. The van der Waals surface area contributed by atoms with E-state index < -0.39 is 0 Å². The molecule has 0 aliphatic heterocycles. The molecule has 0 amide bonds. The topological polar surface area (TPSA) is 44.5 Å². The van der Waals surface area contributed by atoms with E-state index >= 15 is 0 Å². The summed E-state index contributed by atoms with van der Waals surface area (Å²) < 4.78 is 10.2. The summed E-state index contributed by atoms with van der Waals surface area (Å²) in [6.45, 7) is 0.356. The monoisotopic (exact) mass is 191 g/mol. The maximum absolute atomic E-state index is 5.27. The SMILES string of the molecule is COc1ccc(C#CCN)cc1OC. The number of nitrogens with two attached hydrogens (primary N) is 1. The van der Waals surface area contributed by atoms with Gasteiger partial charge in [0.15, 0.2) is 11.5 Å². The van der Waals surface area contributed by atoms with E-state index in [2.05, 4.69) is 11.8 Å². The quantitative estimate of drug-likeness (QED) is 0.710. The average Bonchev–Trinajstić information content (AvgIpc) is 2.25. The molecule has 1 aromatic carbocycles. The summed E-state index contributed by atoms with van der Waals surface area (Å²) in [6, 6.07) is 5.50. The van der Waals surface area contributed by atoms with Gasteiger partial charge in [-0.1, -0.05) is 11.8 Å². The molecule has 0 heterocycles. The van der Waals surface area contributed by atoms with Crippen LogP contribution in [0.2, 0.25) is 0 Å². The molecule has 3 heteroatoms. The molecule has 0 aromatic heterocycles. The Balaban J connectivity index is 3.01. The van der Waals surface area contributed by atoms with Crippen molar-refractivity contribution < 1.29 is 9.47 Å². The van der Waals surface area contributed by atoms with Crippen LogP contribution in [0.15, 0.2) is 18.2 Å². The molecular weight excluding hydrogens is 178 g/mol. The van der Waals surface area contributed by atoms with Gasteiger partial charge in [-0.25, -0.2) is 0 Å². The van der Waals surface area contributed by atoms with Crippen molar-refractivity contribution in [2.75, 3.05) is 20.8 Å². The Hall–Kier alpha value is -1.66. The van der Waals surface area contributed by atoms with Crippen LogP contribution in [0, 0.1) is 11.8 Å². The first-order valence-corrected chi connectivity index (χ1v) is 4.22. The first-order valence-electron chi connectivity index (χ1n) is 4.22. The molecule has 0 atom stereocenters. The second-order valence-corrected chi connectivity index (χ2v) is 2.58. The molecule has 0 aliphatic rings. The van der Waals surface area contributed by atoms with E-state index in [1.54, 1.807) is 14.2 Å². The van der Waals surface area contributed by atoms with Crippen LogP contribution in [-0.2, 0) is 0 Å². The summed E-state index contributed by atoms with van der Waals surface area (Å²) in [5.74, 6) is 7.07. The largest absolute Gasteiger partial charge is 0.493 e. The predicted octanol–water partition coefficient (Wildman–Crippen LogP) is 1.01. The minimum atomic E-state index is 0.356. The lowest BCUT2D eigenvalue weighted by Gasteiger charge is -2.06. The fraction of sp³-hybridized carbons (Fsp3) is 0.273. The van der Waals surface area contributed by atoms with Crippen molar-refractivity contribution in [3.05, 3.63) is 23.8 Å². The summed E-state index contributed by atoms with van der Waals surface area (Å²) in [7, 11) is 3.20. The Bertz CT molecular complexity index is 363. The Kier molecular flexibility index (Phi) is 3.84. The second kappa shape index (κ2) is 5.15. The zero-order chi connectivity index (χ0) is 10.4. The summed E-state index contributed by atoms with van der Waals surface area (Å²) in [5, 5.41) is 0. The Labute approximate surface area is 83.8 Å². The van der Waals surface area contributed by atoms with Gasteiger partial charge < -0.3 is 15.2 Å². The van der Waals surface area contributed by atoms with E-state index in [0.717, 1.165) is 5.56 Å². The highest BCUT2D eigenvalue weighted by Crippen LogP contribution is 2.26. The van der Waals surface area contributed by atoms with Crippen LogP contribution >= 0.6 is 0 Å². The molecule has 2 N–H and O–H groups in total. The minimum Gasteiger partial charge on any atom is -0.493 e. The lowest BCUT2D eigenvalue weighted by Crippen LogP contribution is -1.94. The standard InChI is InChI=1S/C11H13NO2/c1-13-10-6-5-9(4-3-7-12)8-11(10)14-2/h5-6,8H,7,12H2,1-2H3. The number of ether oxygens (including phenoxy) is 2. The van der Waals surface area contributed by atoms with Crippen LogP contribution in [0.5, 0.6) is 11.5 Å². The second-order valence-electron chi connectivity index (χ2n) is 2.58. The van der Waals surface area contributed by atoms with Crippen LogP contribution in [0.4, 0.5) is 0 Å². The zero-order valence-corrected chi connectivity index (χ0v) is 8.33. The number of benzene rings is 1. The van der Waals surface area contributed by atoms with Gasteiger partial charge in [-0.15, -0.1) is 0 Å². The molecule has 0 aliphatic carbocycles. The summed E-state index contributed by atoms with van der Waals surface area (Å²) in [6.07, 6.45) is 0. The first kappa shape index (κ1) is 10.4. The van der Waals surface area contributed by atoms with Gasteiger partial charge in [0.05, 0.1) is 20.8 Å². The average molecular weight is 191 g/mol. The highest BCUT2D eigenvalue weighted by atomic mass is 16.5. The maximum Gasteiger partial charge on any atom is 0.161 e. The normalized spacial score (nSPS) is 8.79. The molecule has 1 rings (SSSR count). The number of methoxy groups -OCH3 is 2. The molecule has 0 saturated carbocycles. The van der Waals surface area contributed by atoms with Crippen LogP contribution < -0.4 is 15.2 Å². The molecule has 0 spiro atoms. The predicted molar refractivity (Wildman–Crippen MR) is 55.5 cm³/mol. The molecule has 0 radical (unpaired) electrons. The van der Waals surface area contributed by atoms with Crippen molar-refractivity contribution in [3.8, 4) is 23.3 Å².